The van der Waals surface area contributed by atoms with Crippen molar-refractivity contribution in [1.82, 2.24) is 0 Å². The largest absolute Gasteiger partial charge is 0.374 e. The third-order valence-corrected chi connectivity index (χ3v) is 3.70. The van der Waals surface area contributed by atoms with E-state index in [9.17, 15) is 9.18 Å². The molecule has 0 aromatic heterocycles. The zero-order chi connectivity index (χ0) is 15.4. The zero-order valence-corrected chi connectivity index (χ0v) is 14.1. The summed E-state index contributed by atoms with van der Waals surface area (Å²) in [5.74, 6) is -0.882. The molecule has 2 aromatic rings. The highest BCUT2D eigenvalue weighted by Crippen LogP contribution is 2.19. The van der Waals surface area contributed by atoms with Gasteiger partial charge in [-0.1, -0.05) is 17.7 Å². The molecular weight excluding hydrogens is 406 g/mol. The van der Waals surface area contributed by atoms with Crippen LogP contribution in [0, 0.1) is 9.39 Å². The molecule has 2 aromatic carbocycles. The fourth-order valence-electron chi connectivity index (χ4n) is 1.73. The maximum absolute atomic E-state index is 13.6. The van der Waals surface area contributed by atoms with E-state index in [0.717, 1.165) is 15.3 Å². The van der Waals surface area contributed by atoms with Gasteiger partial charge in [-0.05, 0) is 65.9 Å². The molecule has 6 heteroatoms. The number of carbonyl (C=O) groups is 1. The zero-order valence-electron chi connectivity index (χ0n) is 11.2. The van der Waals surface area contributed by atoms with E-state index < -0.39 is 11.9 Å². The summed E-state index contributed by atoms with van der Waals surface area (Å²) < 4.78 is 14.7. The van der Waals surface area contributed by atoms with Crippen LogP contribution in [-0.4, -0.2) is 11.9 Å². The van der Waals surface area contributed by atoms with Gasteiger partial charge < -0.3 is 10.6 Å². The monoisotopic (exact) mass is 418 g/mol. The van der Waals surface area contributed by atoms with Crippen LogP contribution in [0.25, 0.3) is 0 Å². The number of amides is 1. The Bertz CT molecular complexity index is 666. The third kappa shape index (κ3) is 4.57. The first-order valence-electron chi connectivity index (χ1n) is 6.24. The highest BCUT2D eigenvalue weighted by atomic mass is 127. The summed E-state index contributed by atoms with van der Waals surface area (Å²) in [6.45, 7) is 1.71. The van der Waals surface area contributed by atoms with E-state index in [1.807, 2.05) is 24.3 Å². The van der Waals surface area contributed by atoms with E-state index in [-0.39, 0.29) is 16.6 Å². The minimum atomic E-state index is -0.558. The fourth-order valence-corrected chi connectivity index (χ4v) is 2.43. The Morgan fingerprint density at radius 1 is 1.29 bits per heavy atom. The average Bonchev–Trinajstić information content (AvgIpc) is 2.41. The number of anilines is 2. The summed E-state index contributed by atoms with van der Waals surface area (Å²) >= 11 is 7.87. The lowest BCUT2D eigenvalue weighted by atomic mass is 10.2. The standard InChI is InChI=1S/C15H13ClFIN2O/c1-9(19-12-4-2-3-11(18)8-12)15(21)20-14-6-5-10(16)7-13(14)17/h2-9,19H,1H3,(H,20,21). The van der Waals surface area contributed by atoms with Gasteiger partial charge in [0.1, 0.15) is 11.9 Å². The second-order valence-electron chi connectivity index (χ2n) is 4.49. The van der Waals surface area contributed by atoms with Gasteiger partial charge in [-0.15, -0.1) is 0 Å². The van der Waals surface area contributed by atoms with Crippen LogP contribution in [0.15, 0.2) is 42.5 Å². The summed E-state index contributed by atoms with van der Waals surface area (Å²) in [5, 5.41) is 5.89. The van der Waals surface area contributed by atoms with Gasteiger partial charge in [0.15, 0.2) is 0 Å². The van der Waals surface area contributed by atoms with Crippen LogP contribution in [0.5, 0.6) is 0 Å². The first-order valence-corrected chi connectivity index (χ1v) is 7.69. The molecule has 0 radical (unpaired) electrons. The molecule has 1 atom stereocenters. The van der Waals surface area contributed by atoms with Crippen molar-refractivity contribution < 1.29 is 9.18 Å². The minimum Gasteiger partial charge on any atom is -0.374 e. The SMILES string of the molecule is CC(Nc1cccc(I)c1)C(=O)Nc1ccc(Cl)cc1F. The van der Waals surface area contributed by atoms with Gasteiger partial charge in [-0.25, -0.2) is 4.39 Å². The summed E-state index contributed by atoms with van der Waals surface area (Å²) in [6.07, 6.45) is 0. The molecular formula is C15H13ClFIN2O. The second-order valence-corrected chi connectivity index (χ2v) is 6.17. The molecule has 0 saturated carbocycles. The molecule has 2 N–H and O–H groups in total. The Morgan fingerprint density at radius 3 is 2.71 bits per heavy atom. The van der Waals surface area contributed by atoms with Gasteiger partial charge in [-0.2, -0.15) is 0 Å². The maximum Gasteiger partial charge on any atom is 0.246 e. The number of carbonyl (C=O) groups excluding carboxylic acids is 1. The summed E-state index contributed by atoms with van der Waals surface area (Å²) in [7, 11) is 0. The van der Waals surface area contributed by atoms with Crippen LogP contribution in [0.3, 0.4) is 0 Å². The highest BCUT2D eigenvalue weighted by molar-refractivity contribution is 14.1. The molecule has 110 valence electrons. The third-order valence-electron chi connectivity index (χ3n) is 2.79. The van der Waals surface area contributed by atoms with Crippen molar-refractivity contribution >= 4 is 51.5 Å². The predicted octanol–water partition coefficient (Wildman–Crippen LogP) is 4.52. The van der Waals surface area contributed by atoms with Crippen molar-refractivity contribution in [3.05, 3.63) is 56.9 Å². The Kier molecular flexibility index (Phi) is 5.41. The van der Waals surface area contributed by atoms with Crippen molar-refractivity contribution in [2.75, 3.05) is 10.6 Å². The number of hydrogen-bond acceptors (Lipinski definition) is 2. The molecule has 3 nitrogen and oxygen atoms in total. The molecule has 0 aliphatic carbocycles. The molecule has 0 saturated heterocycles. The summed E-state index contributed by atoms with van der Waals surface area (Å²) in [6, 6.07) is 11.3. The Morgan fingerprint density at radius 2 is 2.05 bits per heavy atom. The molecule has 0 heterocycles. The molecule has 2 rings (SSSR count). The Labute approximate surface area is 141 Å². The van der Waals surface area contributed by atoms with Crippen LogP contribution in [0.2, 0.25) is 5.02 Å². The maximum atomic E-state index is 13.6. The molecule has 1 unspecified atom stereocenters. The highest BCUT2D eigenvalue weighted by Gasteiger charge is 2.14. The van der Waals surface area contributed by atoms with Crippen molar-refractivity contribution in [1.29, 1.82) is 0 Å². The van der Waals surface area contributed by atoms with E-state index in [4.69, 9.17) is 11.6 Å². The average molecular weight is 419 g/mol. The van der Waals surface area contributed by atoms with Crippen molar-refractivity contribution in [3.63, 3.8) is 0 Å². The number of halogens is 3. The predicted molar refractivity (Wildman–Crippen MR) is 92.3 cm³/mol. The number of hydrogen-bond donors (Lipinski definition) is 2. The Hall–Kier alpha value is -1.34. The van der Waals surface area contributed by atoms with E-state index in [0.29, 0.717) is 0 Å². The Balaban J connectivity index is 2.02. The molecule has 0 spiro atoms. The van der Waals surface area contributed by atoms with Crippen LogP contribution in [0.1, 0.15) is 6.92 Å². The van der Waals surface area contributed by atoms with E-state index >= 15 is 0 Å². The van der Waals surface area contributed by atoms with Gasteiger partial charge in [0, 0.05) is 14.3 Å². The number of nitrogens with one attached hydrogen (secondary N) is 2. The number of rotatable bonds is 4. The van der Waals surface area contributed by atoms with Crippen LogP contribution >= 0.6 is 34.2 Å². The molecule has 21 heavy (non-hydrogen) atoms. The fraction of sp³-hybridized carbons (Fsp3) is 0.133. The number of benzene rings is 2. The minimum absolute atomic E-state index is 0.112. The van der Waals surface area contributed by atoms with E-state index in [1.165, 1.54) is 12.1 Å². The lowest BCUT2D eigenvalue weighted by molar-refractivity contribution is -0.116. The van der Waals surface area contributed by atoms with Gasteiger partial charge in [0.2, 0.25) is 5.91 Å². The van der Waals surface area contributed by atoms with E-state index in [1.54, 1.807) is 6.92 Å². The lowest BCUT2D eigenvalue weighted by Crippen LogP contribution is -2.32. The molecule has 0 bridgehead atoms. The van der Waals surface area contributed by atoms with Crippen molar-refractivity contribution in [2.45, 2.75) is 13.0 Å². The van der Waals surface area contributed by atoms with E-state index in [2.05, 4.69) is 33.2 Å². The van der Waals surface area contributed by atoms with Crippen molar-refractivity contribution in [3.8, 4) is 0 Å². The van der Waals surface area contributed by atoms with Crippen LogP contribution in [-0.2, 0) is 4.79 Å². The van der Waals surface area contributed by atoms with Gasteiger partial charge in [0.05, 0.1) is 5.69 Å². The smallest absolute Gasteiger partial charge is 0.246 e. The normalized spacial score (nSPS) is 11.8. The van der Waals surface area contributed by atoms with Gasteiger partial charge in [0.25, 0.3) is 0 Å². The molecule has 0 fully saturated rings. The van der Waals surface area contributed by atoms with Crippen LogP contribution in [0.4, 0.5) is 15.8 Å². The molecule has 0 aliphatic heterocycles. The summed E-state index contributed by atoms with van der Waals surface area (Å²) in [5.41, 5.74) is 0.946. The first-order chi connectivity index (χ1) is 9.95. The van der Waals surface area contributed by atoms with Gasteiger partial charge in [-0.3, -0.25) is 4.79 Å². The summed E-state index contributed by atoms with van der Waals surface area (Å²) in [4.78, 5) is 12.1. The lowest BCUT2D eigenvalue weighted by Gasteiger charge is -2.16. The van der Waals surface area contributed by atoms with Crippen molar-refractivity contribution in [2.24, 2.45) is 0 Å². The topological polar surface area (TPSA) is 41.1 Å². The molecule has 0 aliphatic rings. The molecule has 1 amide bonds. The second kappa shape index (κ2) is 7.09. The van der Waals surface area contributed by atoms with Gasteiger partial charge >= 0.3 is 0 Å². The quantitative estimate of drug-likeness (QED) is 0.717. The van der Waals surface area contributed by atoms with Crippen LogP contribution < -0.4 is 10.6 Å². The first kappa shape index (κ1) is 16.0.